The second-order valence-electron chi connectivity index (χ2n) is 8.58. The number of carbonyl (C=O) groups is 1. The summed E-state index contributed by atoms with van der Waals surface area (Å²) in [4.78, 5) is 12.9. The molecular weight excluding hydrogens is 340 g/mol. The number of aliphatic hydroxyl groups excluding tert-OH is 1. The normalized spacial score (nSPS) is 16.2. The van der Waals surface area contributed by atoms with E-state index in [0.717, 1.165) is 5.56 Å². The Labute approximate surface area is 161 Å². The highest BCUT2D eigenvalue weighted by molar-refractivity contribution is 6.77. The lowest BCUT2D eigenvalue weighted by molar-refractivity contribution is -0.130. The van der Waals surface area contributed by atoms with E-state index < -0.39 is 20.3 Å². The molecule has 0 aliphatic rings. The summed E-state index contributed by atoms with van der Waals surface area (Å²) in [5.41, 5.74) is 2.28. The van der Waals surface area contributed by atoms with Crippen LogP contribution in [0.2, 0.25) is 16.6 Å². The Kier molecular flexibility index (Phi) is 8.71. The summed E-state index contributed by atoms with van der Waals surface area (Å²) in [6, 6.07) is 9.41. The Balaban J connectivity index is 2.82. The molecule has 0 saturated heterocycles. The van der Waals surface area contributed by atoms with Crippen LogP contribution in [0.1, 0.15) is 67.1 Å². The van der Waals surface area contributed by atoms with E-state index in [-0.39, 0.29) is 11.7 Å². The maximum atomic E-state index is 12.9. The van der Waals surface area contributed by atoms with Gasteiger partial charge in [0.1, 0.15) is 5.78 Å². The van der Waals surface area contributed by atoms with Gasteiger partial charge >= 0.3 is 0 Å². The molecule has 3 nitrogen and oxygen atoms in total. The van der Waals surface area contributed by atoms with Crippen molar-refractivity contribution in [1.29, 1.82) is 0 Å². The van der Waals surface area contributed by atoms with Gasteiger partial charge in [0.2, 0.25) is 0 Å². The smallest absolute Gasteiger partial charge is 0.200 e. The molecule has 0 aliphatic heterocycles. The summed E-state index contributed by atoms with van der Waals surface area (Å²) < 4.78 is 6.57. The van der Waals surface area contributed by atoms with Gasteiger partial charge in [-0.15, -0.1) is 0 Å². The van der Waals surface area contributed by atoms with E-state index in [1.807, 2.05) is 44.2 Å². The van der Waals surface area contributed by atoms with Crippen molar-refractivity contribution in [3.63, 3.8) is 0 Å². The van der Waals surface area contributed by atoms with E-state index in [2.05, 4.69) is 41.5 Å². The fraction of sp³-hybridized carbons (Fsp3) is 0.682. The van der Waals surface area contributed by atoms with Crippen molar-refractivity contribution in [2.24, 2.45) is 11.8 Å². The average Bonchev–Trinajstić information content (AvgIpc) is 2.59. The molecule has 0 spiro atoms. The number of aliphatic hydroxyl groups is 1. The Morgan fingerprint density at radius 3 is 1.81 bits per heavy atom. The van der Waals surface area contributed by atoms with Gasteiger partial charge in [-0.1, -0.05) is 85.7 Å². The van der Waals surface area contributed by atoms with Crippen LogP contribution in [0.3, 0.4) is 0 Å². The number of rotatable bonds is 10. The third kappa shape index (κ3) is 5.05. The van der Waals surface area contributed by atoms with Crippen LogP contribution in [-0.2, 0) is 9.22 Å². The third-order valence-corrected chi connectivity index (χ3v) is 11.9. The lowest BCUT2D eigenvalue weighted by Gasteiger charge is -2.42. The topological polar surface area (TPSA) is 46.5 Å². The molecule has 26 heavy (non-hydrogen) atoms. The molecule has 0 heterocycles. The van der Waals surface area contributed by atoms with Crippen LogP contribution < -0.4 is 0 Å². The van der Waals surface area contributed by atoms with E-state index in [4.69, 9.17) is 4.43 Å². The van der Waals surface area contributed by atoms with Crippen molar-refractivity contribution in [2.45, 2.75) is 78.1 Å². The highest BCUT2D eigenvalue weighted by Gasteiger charge is 2.45. The van der Waals surface area contributed by atoms with Gasteiger partial charge in [-0.3, -0.25) is 4.79 Å². The van der Waals surface area contributed by atoms with Crippen LogP contribution in [0.25, 0.3) is 0 Å². The lowest BCUT2D eigenvalue weighted by atomic mass is 9.88. The predicted molar refractivity (Wildman–Crippen MR) is 112 cm³/mol. The molecular formula is C22H38O3Si. The zero-order valence-corrected chi connectivity index (χ0v) is 18.8. The van der Waals surface area contributed by atoms with Gasteiger partial charge in [-0.25, -0.2) is 0 Å². The number of ketones is 1. The van der Waals surface area contributed by atoms with Crippen molar-refractivity contribution in [1.82, 2.24) is 0 Å². The molecule has 1 aromatic rings. The van der Waals surface area contributed by atoms with Crippen molar-refractivity contribution >= 4 is 14.1 Å². The second-order valence-corrected chi connectivity index (χ2v) is 14.0. The molecule has 4 heteroatoms. The third-order valence-electron chi connectivity index (χ3n) is 5.84. The minimum Gasteiger partial charge on any atom is -0.415 e. The van der Waals surface area contributed by atoms with E-state index in [1.165, 1.54) is 0 Å². The predicted octanol–water partition coefficient (Wildman–Crippen LogP) is 5.75. The molecule has 0 bridgehead atoms. The first-order valence-corrected chi connectivity index (χ1v) is 12.1. The van der Waals surface area contributed by atoms with Crippen LogP contribution >= 0.6 is 0 Å². The number of carbonyl (C=O) groups excluding carboxylic acids is 1. The summed E-state index contributed by atoms with van der Waals surface area (Å²) in [7, 11) is -1.98. The first-order chi connectivity index (χ1) is 12.1. The highest BCUT2D eigenvalue weighted by Crippen LogP contribution is 2.42. The number of Topliss-reactive ketones (excluding diaryl/α,β-unsaturated/α-hetero) is 1. The van der Waals surface area contributed by atoms with E-state index >= 15 is 0 Å². The summed E-state index contributed by atoms with van der Waals surface area (Å²) in [6.07, 6.45) is -0.770. The summed E-state index contributed by atoms with van der Waals surface area (Å²) in [6.45, 7) is 17.7. The zero-order chi connectivity index (χ0) is 20.1. The first kappa shape index (κ1) is 23.1. The molecule has 1 aromatic carbocycles. The molecule has 0 aliphatic carbocycles. The summed E-state index contributed by atoms with van der Waals surface area (Å²) >= 11 is 0. The van der Waals surface area contributed by atoms with Gasteiger partial charge in [-0.2, -0.15) is 0 Å². The van der Waals surface area contributed by atoms with Crippen molar-refractivity contribution in [2.75, 3.05) is 6.61 Å². The number of hydrogen-bond acceptors (Lipinski definition) is 3. The van der Waals surface area contributed by atoms with Crippen molar-refractivity contribution in [3.05, 3.63) is 35.9 Å². The summed E-state index contributed by atoms with van der Waals surface area (Å²) in [5, 5.41) is 10.5. The molecule has 0 unspecified atom stereocenters. The maximum absolute atomic E-state index is 12.9. The van der Waals surface area contributed by atoms with Crippen LogP contribution in [0, 0.1) is 11.8 Å². The zero-order valence-electron chi connectivity index (χ0n) is 17.8. The lowest BCUT2D eigenvalue weighted by Crippen LogP contribution is -2.49. The number of benzene rings is 1. The van der Waals surface area contributed by atoms with Gasteiger partial charge in [0.05, 0.1) is 6.10 Å². The van der Waals surface area contributed by atoms with E-state index in [9.17, 15) is 9.90 Å². The molecule has 0 radical (unpaired) electrons. The van der Waals surface area contributed by atoms with E-state index in [0.29, 0.717) is 23.2 Å². The molecule has 0 aromatic heterocycles. The van der Waals surface area contributed by atoms with Gasteiger partial charge in [0.15, 0.2) is 8.32 Å². The standard InChI is InChI=1S/C22H38O3Si/c1-15(2)26(16(3)4,17(5)6)25-14-18(7)21(23)19(8)22(24)20-12-10-9-11-13-20/h9-13,15-19,22,24H,14H2,1-8H3/t18-,19-,22-/m0/s1. The molecule has 148 valence electrons. The molecule has 1 N–H and O–H groups in total. The van der Waals surface area contributed by atoms with Crippen molar-refractivity contribution in [3.8, 4) is 0 Å². The second kappa shape index (κ2) is 9.82. The quantitative estimate of drug-likeness (QED) is 0.527. The fourth-order valence-corrected chi connectivity index (χ4v) is 9.93. The Morgan fingerprint density at radius 1 is 0.923 bits per heavy atom. The van der Waals surface area contributed by atoms with Crippen molar-refractivity contribution < 1.29 is 14.3 Å². The molecule has 0 amide bonds. The molecule has 0 fully saturated rings. The Hall–Kier alpha value is -0.973. The van der Waals surface area contributed by atoms with Crippen LogP contribution in [0.4, 0.5) is 0 Å². The molecule has 1 rings (SSSR count). The Morgan fingerprint density at radius 2 is 1.38 bits per heavy atom. The van der Waals surface area contributed by atoms with Crippen LogP contribution in [-0.4, -0.2) is 25.8 Å². The number of hydrogen-bond donors (Lipinski definition) is 1. The highest BCUT2D eigenvalue weighted by atomic mass is 28.4. The fourth-order valence-electron chi connectivity index (χ4n) is 4.39. The average molecular weight is 379 g/mol. The maximum Gasteiger partial charge on any atom is 0.200 e. The van der Waals surface area contributed by atoms with Gasteiger partial charge in [0.25, 0.3) is 0 Å². The van der Waals surface area contributed by atoms with Gasteiger partial charge < -0.3 is 9.53 Å². The van der Waals surface area contributed by atoms with E-state index in [1.54, 1.807) is 0 Å². The molecule has 0 saturated carbocycles. The largest absolute Gasteiger partial charge is 0.415 e. The Bertz CT molecular complexity index is 532. The molecule has 3 atom stereocenters. The first-order valence-electron chi connectivity index (χ1n) is 9.96. The minimum atomic E-state index is -1.98. The van der Waals surface area contributed by atoms with Crippen LogP contribution in [0.5, 0.6) is 0 Å². The monoisotopic (exact) mass is 378 g/mol. The van der Waals surface area contributed by atoms with Gasteiger partial charge in [-0.05, 0) is 22.2 Å². The van der Waals surface area contributed by atoms with Gasteiger partial charge in [0, 0.05) is 18.4 Å². The SMILES string of the molecule is CC(C)[Si](OC[C@H](C)C(=O)[C@H](C)[C@H](O)c1ccccc1)(C(C)C)C(C)C. The summed E-state index contributed by atoms with van der Waals surface area (Å²) in [5.74, 6) is -0.587. The minimum absolute atomic E-state index is 0.0699. The van der Waals surface area contributed by atoms with Crippen LogP contribution in [0.15, 0.2) is 30.3 Å².